The van der Waals surface area contributed by atoms with Crippen LogP contribution in [0, 0.1) is 11.3 Å². The standard InChI is InChI=1S/C16H27N3O/c1-15(2,13-17)19-9-7-18(8-10-19)14-4-11-20-16(12-14)5-3-6-16/h14H,3-12H2,1-2H3. The zero-order valence-corrected chi connectivity index (χ0v) is 12.9. The molecule has 1 spiro atoms. The number of hydrogen-bond donors (Lipinski definition) is 0. The van der Waals surface area contributed by atoms with Gasteiger partial charge >= 0.3 is 0 Å². The molecule has 1 aliphatic carbocycles. The van der Waals surface area contributed by atoms with E-state index in [1.54, 1.807) is 0 Å². The van der Waals surface area contributed by atoms with Crippen LogP contribution < -0.4 is 0 Å². The summed E-state index contributed by atoms with van der Waals surface area (Å²) in [6.07, 6.45) is 6.30. The Morgan fingerprint density at radius 3 is 2.45 bits per heavy atom. The van der Waals surface area contributed by atoms with Crippen LogP contribution in [0.2, 0.25) is 0 Å². The van der Waals surface area contributed by atoms with E-state index in [9.17, 15) is 5.26 Å². The van der Waals surface area contributed by atoms with Crippen molar-refractivity contribution in [3.8, 4) is 6.07 Å². The summed E-state index contributed by atoms with van der Waals surface area (Å²) in [4.78, 5) is 4.97. The van der Waals surface area contributed by atoms with Gasteiger partial charge in [0.15, 0.2) is 0 Å². The fraction of sp³-hybridized carbons (Fsp3) is 0.938. The van der Waals surface area contributed by atoms with Gasteiger partial charge in [0.05, 0.1) is 11.7 Å². The van der Waals surface area contributed by atoms with Gasteiger partial charge in [-0.1, -0.05) is 0 Å². The van der Waals surface area contributed by atoms with E-state index in [2.05, 4.69) is 15.9 Å². The third-order valence-electron chi connectivity index (χ3n) is 5.63. The second kappa shape index (κ2) is 5.29. The summed E-state index contributed by atoms with van der Waals surface area (Å²) < 4.78 is 6.04. The Morgan fingerprint density at radius 1 is 1.20 bits per heavy atom. The molecule has 112 valence electrons. The van der Waals surface area contributed by atoms with Crippen LogP contribution in [-0.4, -0.2) is 59.8 Å². The van der Waals surface area contributed by atoms with Crippen LogP contribution in [0.25, 0.3) is 0 Å². The van der Waals surface area contributed by atoms with Gasteiger partial charge < -0.3 is 4.74 Å². The molecule has 20 heavy (non-hydrogen) atoms. The molecule has 1 saturated carbocycles. The van der Waals surface area contributed by atoms with E-state index in [1.807, 2.05) is 13.8 Å². The minimum Gasteiger partial charge on any atom is -0.375 e. The minimum atomic E-state index is -0.322. The fourth-order valence-corrected chi connectivity index (χ4v) is 3.95. The third-order valence-corrected chi connectivity index (χ3v) is 5.63. The lowest BCUT2D eigenvalue weighted by molar-refractivity contribution is -0.151. The molecule has 3 rings (SSSR count). The molecule has 0 bridgehead atoms. The van der Waals surface area contributed by atoms with Crippen LogP contribution in [0.3, 0.4) is 0 Å². The van der Waals surface area contributed by atoms with Crippen molar-refractivity contribution in [1.82, 2.24) is 9.80 Å². The Morgan fingerprint density at radius 2 is 1.90 bits per heavy atom. The summed E-state index contributed by atoms with van der Waals surface area (Å²) in [5, 5.41) is 9.25. The van der Waals surface area contributed by atoms with Crippen molar-refractivity contribution in [2.45, 2.75) is 63.1 Å². The Bertz CT molecular complexity index is 389. The molecule has 1 unspecified atom stereocenters. The highest BCUT2D eigenvalue weighted by atomic mass is 16.5. The molecule has 2 heterocycles. The predicted molar refractivity (Wildman–Crippen MR) is 78.4 cm³/mol. The molecule has 0 amide bonds. The highest BCUT2D eigenvalue weighted by Crippen LogP contribution is 2.43. The number of nitriles is 1. The lowest BCUT2D eigenvalue weighted by atomic mass is 9.73. The van der Waals surface area contributed by atoms with E-state index in [4.69, 9.17) is 4.74 Å². The van der Waals surface area contributed by atoms with Gasteiger partial charge in [-0.3, -0.25) is 9.80 Å². The summed E-state index contributed by atoms with van der Waals surface area (Å²) >= 11 is 0. The number of piperazine rings is 1. The van der Waals surface area contributed by atoms with E-state index >= 15 is 0 Å². The van der Waals surface area contributed by atoms with Gasteiger partial charge in [0.25, 0.3) is 0 Å². The second-order valence-corrected chi connectivity index (χ2v) is 7.23. The monoisotopic (exact) mass is 277 g/mol. The van der Waals surface area contributed by atoms with E-state index in [1.165, 1.54) is 32.1 Å². The van der Waals surface area contributed by atoms with Gasteiger partial charge in [-0.05, 0) is 46.0 Å². The summed E-state index contributed by atoms with van der Waals surface area (Å²) in [6, 6.07) is 3.13. The molecule has 4 nitrogen and oxygen atoms in total. The fourth-order valence-electron chi connectivity index (χ4n) is 3.95. The average molecular weight is 277 g/mol. The van der Waals surface area contributed by atoms with Crippen molar-refractivity contribution < 1.29 is 4.74 Å². The largest absolute Gasteiger partial charge is 0.375 e. The Balaban J connectivity index is 1.54. The normalized spacial score (nSPS) is 31.8. The highest BCUT2D eigenvalue weighted by Gasteiger charge is 2.44. The molecule has 4 heteroatoms. The predicted octanol–water partition coefficient (Wildman–Crippen LogP) is 2.01. The topological polar surface area (TPSA) is 39.5 Å². The van der Waals surface area contributed by atoms with E-state index in [0.29, 0.717) is 6.04 Å². The second-order valence-electron chi connectivity index (χ2n) is 7.23. The quantitative estimate of drug-likeness (QED) is 0.774. The number of rotatable bonds is 2. The number of ether oxygens (including phenoxy) is 1. The lowest BCUT2D eigenvalue weighted by Gasteiger charge is -2.51. The molecule has 3 fully saturated rings. The van der Waals surface area contributed by atoms with Gasteiger partial charge in [-0.15, -0.1) is 0 Å². The van der Waals surface area contributed by atoms with Crippen molar-refractivity contribution in [1.29, 1.82) is 5.26 Å². The summed E-state index contributed by atoms with van der Waals surface area (Å²) in [5.74, 6) is 0. The minimum absolute atomic E-state index is 0.242. The SMILES string of the molecule is CC(C)(C#N)N1CCN(C2CCOC3(CCC3)C2)CC1. The van der Waals surface area contributed by atoms with E-state index in [0.717, 1.165) is 32.8 Å². The first kappa shape index (κ1) is 14.3. The first-order valence-corrected chi connectivity index (χ1v) is 8.09. The maximum atomic E-state index is 9.25. The Labute approximate surface area is 122 Å². The molecular weight excluding hydrogens is 250 g/mol. The first-order valence-electron chi connectivity index (χ1n) is 8.09. The molecule has 1 atom stereocenters. The van der Waals surface area contributed by atoms with Gasteiger partial charge in [-0.25, -0.2) is 0 Å². The van der Waals surface area contributed by atoms with Gasteiger partial charge in [0, 0.05) is 38.8 Å². The van der Waals surface area contributed by atoms with Gasteiger partial charge in [0.2, 0.25) is 0 Å². The van der Waals surface area contributed by atoms with Crippen molar-refractivity contribution in [3.05, 3.63) is 0 Å². The van der Waals surface area contributed by atoms with Gasteiger partial charge in [-0.2, -0.15) is 5.26 Å². The molecular formula is C16H27N3O. The van der Waals surface area contributed by atoms with Crippen LogP contribution in [-0.2, 0) is 4.74 Å². The smallest absolute Gasteiger partial charge is 0.103 e. The zero-order chi connectivity index (χ0) is 14.2. The van der Waals surface area contributed by atoms with Crippen LogP contribution in [0.15, 0.2) is 0 Å². The van der Waals surface area contributed by atoms with Crippen molar-refractivity contribution >= 4 is 0 Å². The van der Waals surface area contributed by atoms with E-state index in [-0.39, 0.29) is 11.1 Å². The van der Waals surface area contributed by atoms with Gasteiger partial charge in [0.1, 0.15) is 5.54 Å². The molecule has 0 radical (unpaired) electrons. The van der Waals surface area contributed by atoms with Crippen LogP contribution in [0.5, 0.6) is 0 Å². The molecule has 0 aromatic carbocycles. The molecule has 3 aliphatic rings. The van der Waals surface area contributed by atoms with E-state index < -0.39 is 0 Å². The molecule has 2 saturated heterocycles. The zero-order valence-electron chi connectivity index (χ0n) is 12.9. The summed E-state index contributed by atoms with van der Waals surface area (Å²) in [7, 11) is 0. The highest BCUT2D eigenvalue weighted by molar-refractivity contribution is 5.04. The summed E-state index contributed by atoms with van der Waals surface area (Å²) in [6.45, 7) is 9.24. The molecule has 0 aromatic rings. The van der Waals surface area contributed by atoms with Crippen molar-refractivity contribution in [3.63, 3.8) is 0 Å². The average Bonchev–Trinajstić information content (AvgIpc) is 2.46. The maximum Gasteiger partial charge on any atom is 0.103 e. The number of hydrogen-bond acceptors (Lipinski definition) is 4. The first-order chi connectivity index (χ1) is 9.55. The lowest BCUT2D eigenvalue weighted by Crippen LogP contribution is -2.59. The maximum absolute atomic E-state index is 9.25. The Kier molecular flexibility index (Phi) is 3.79. The van der Waals surface area contributed by atoms with Crippen molar-refractivity contribution in [2.24, 2.45) is 0 Å². The molecule has 0 N–H and O–H groups in total. The van der Waals surface area contributed by atoms with Crippen LogP contribution in [0.1, 0.15) is 46.0 Å². The molecule has 2 aliphatic heterocycles. The summed E-state index contributed by atoms with van der Waals surface area (Å²) in [5.41, 5.74) is -0.0804. The number of nitrogens with zero attached hydrogens (tertiary/aromatic N) is 3. The van der Waals surface area contributed by atoms with Crippen LogP contribution >= 0.6 is 0 Å². The molecule has 0 aromatic heterocycles. The Hall–Kier alpha value is -0.630. The third kappa shape index (κ3) is 2.59. The van der Waals surface area contributed by atoms with Crippen LogP contribution in [0.4, 0.5) is 0 Å². The van der Waals surface area contributed by atoms with Crippen molar-refractivity contribution in [2.75, 3.05) is 32.8 Å².